The molecule has 0 bridgehead atoms. The number of nitriles is 1. The average Bonchev–Trinajstić information content (AvgIpc) is 3.32. The Morgan fingerprint density at radius 3 is 2.76 bits per heavy atom. The fraction of sp³-hybridized carbons (Fsp3) is 0.600. The Bertz CT molecular complexity index is 699. The molecule has 0 aromatic carbocycles. The molecule has 1 aliphatic carbocycles. The number of hydrogen-bond donors (Lipinski definition) is 1. The molecule has 1 saturated carbocycles. The Morgan fingerprint density at radius 1 is 1.36 bits per heavy atom. The highest BCUT2D eigenvalue weighted by Crippen LogP contribution is 2.22. The molecule has 5 heteroatoms. The quantitative estimate of drug-likeness (QED) is 0.660. The summed E-state index contributed by atoms with van der Waals surface area (Å²) in [6, 6.07) is 4.33. The first-order valence-electron chi connectivity index (χ1n) is 9.29. The Balaban J connectivity index is 1.76. The molecule has 2 fully saturated rings. The molecule has 2 aliphatic rings. The number of aryl methyl sites for hydroxylation is 1. The van der Waals surface area contributed by atoms with Crippen LogP contribution in [0.25, 0.3) is 6.08 Å². The van der Waals surface area contributed by atoms with E-state index in [1.54, 1.807) is 6.08 Å². The first-order chi connectivity index (χ1) is 12.1. The molecule has 5 nitrogen and oxygen atoms in total. The van der Waals surface area contributed by atoms with Crippen LogP contribution in [-0.2, 0) is 16.1 Å². The van der Waals surface area contributed by atoms with Crippen molar-refractivity contribution in [2.24, 2.45) is 0 Å². The van der Waals surface area contributed by atoms with Gasteiger partial charge in [-0.25, -0.2) is 0 Å². The van der Waals surface area contributed by atoms with Gasteiger partial charge in [0.25, 0.3) is 5.91 Å². The summed E-state index contributed by atoms with van der Waals surface area (Å²) in [5.74, 6) is -0.252. The summed E-state index contributed by atoms with van der Waals surface area (Å²) in [5, 5.41) is 12.4. The van der Waals surface area contributed by atoms with Gasteiger partial charge in [-0.05, 0) is 57.2 Å². The van der Waals surface area contributed by atoms with Crippen molar-refractivity contribution >= 4 is 12.0 Å². The van der Waals surface area contributed by atoms with Gasteiger partial charge in [-0.2, -0.15) is 5.26 Å². The van der Waals surface area contributed by atoms with E-state index in [0.29, 0.717) is 0 Å². The van der Waals surface area contributed by atoms with E-state index in [1.807, 2.05) is 13.0 Å². The largest absolute Gasteiger partial charge is 0.376 e. The fourth-order valence-electron chi connectivity index (χ4n) is 3.88. The van der Waals surface area contributed by atoms with Crippen LogP contribution in [0.3, 0.4) is 0 Å². The minimum absolute atomic E-state index is 0.185. The highest BCUT2D eigenvalue weighted by Gasteiger charge is 2.21. The minimum Gasteiger partial charge on any atom is -0.376 e. The van der Waals surface area contributed by atoms with Crippen LogP contribution >= 0.6 is 0 Å². The van der Waals surface area contributed by atoms with Crippen molar-refractivity contribution in [2.75, 3.05) is 6.61 Å². The lowest BCUT2D eigenvalue weighted by Crippen LogP contribution is -2.33. The highest BCUT2D eigenvalue weighted by atomic mass is 16.5. The lowest BCUT2D eigenvalue weighted by atomic mass is 10.1. The standard InChI is InChI=1S/C20H27N3O2/c1-14-10-16(15(2)23(14)13-19-8-5-9-25-19)11-17(12-21)20(24)22-18-6-3-4-7-18/h10-11,18-19H,3-9,13H2,1-2H3,(H,22,24)/b17-11+/t19-/m0/s1. The number of rotatable bonds is 5. The number of hydrogen-bond acceptors (Lipinski definition) is 3. The number of ether oxygens (including phenoxy) is 1. The molecule has 1 amide bonds. The van der Waals surface area contributed by atoms with Crippen molar-refractivity contribution in [3.8, 4) is 6.07 Å². The lowest BCUT2D eigenvalue weighted by molar-refractivity contribution is -0.117. The van der Waals surface area contributed by atoms with Crippen LogP contribution in [0.15, 0.2) is 11.6 Å². The Kier molecular flexibility index (Phi) is 5.60. The van der Waals surface area contributed by atoms with E-state index in [9.17, 15) is 10.1 Å². The number of amides is 1. The van der Waals surface area contributed by atoms with Gasteiger partial charge in [0.05, 0.1) is 6.10 Å². The molecule has 2 heterocycles. The van der Waals surface area contributed by atoms with Gasteiger partial charge < -0.3 is 14.6 Å². The van der Waals surface area contributed by atoms with Crippen LogP contribution in [0.2, 0.25) is 0 Å². The predicted octanol–water partition coefficient (Wildman–Crippen LogP) is 3.25. The van der Waals surface area contributed by atoms with Crippen molar-refractivity contribution in [2.45, 2.75) is 71.1 Å². The van der Waals surface area contributed by atoms with Crippen molar-refractivity contribution in [3.63, 3.8) is 0 Å². The summed E-state index contributed by atoms with van der Waals surface area (Å²) < 4.78 is 7.97. The van der Waals surface area contributed by atoms with Crippen LogP contribution in [0.4, 0.5) is 0 Å². The zero-order valence-electron chi connectivity index (χ0n) is 15.2. The van der Waals surface area contributed by atoms with Crippen molar-refractivity contribution in [1.82, 2.24) is 9.88 Å². The molecule has 1 aromatic rings. The summed E-state index contributed by atoms with van der Waals surface area (Å²) in [6.45, 7) is 5.78. The average molecular weight is 341 g/mol. The van der Waals surface area contributed by atoms with Crippen LogP contribution in [0.5, 0.6) is 0 Å². The molecule has 1 atom stereocenters. The molecule has 0 radical (unpaired) electrons. The molecule has 0 spiro atoms. The maximum absolute atomic E-state index is 12.4. The van der Waals surface area contributed by atoms with Crippen LogP contribution in [0, 0.1) is 25.2 Å². The summed E-state index contributed by atoms with van der Waals surface area (Å²) in [5.41, 5.74) is 3.33. The van der Waals surface area contributed by atoms with Crippen molar-refractivity contribution < 1.29 is 9.53 Å². The molecule has 1 N–H and O–H groups in total. The Labute approximate surface area is 149 Å². The number of aromatic nitrogens is 1. The van der Waals surface area contributed by atoms with Crippen molar-refractivity contribution in [1.29, 1.82) is 5.26 Å². The van der Waals surface area contributed by atoms with E-state index in [4.69, 9.17) is 4.74 Å². The van der Waals surface area contributed by atoms with Crippen LogP contribution in [-0.4, -0.2) is 29.2 Å². The van der Waals surface area contributed by atoms with E-state index < -0.39 is 0 Å². The number of nitrogens with one attached hydrogen (secondary N) is 1. The summed E-state index contributed by atoms with van der Waals surface area (Å²) >= 11 is 0. The fourth-order valence-corrected chi connectivity index (χ4v) is 3.88. The third kappa shape index (κ3) is 4.13. The summed E-state index contributed by atoms with van der Waals surface area (Å²) in [6.07, 6.45) is 8.54. The Morgan fingerprint density at radius 2 is 2.12 bits per heavy atom. The first-order valence-corrected chi connectivity index (χ1v) is 9.29. The van der Waals surface area contributed by atoms with Gasteiger partial charge in [0, 0.05) is 30.6 Å². The van der Waals surface area contributed by atoms with Crippen LogP contribution in [0.1, 0.15) is 55.5 Å². The van der Waals surface area contributed by atoms with Gasteiger partial charge in [0.2, 0.25) is 0 Å². The van der Waals surface area contributed by atoms with Gasteiger partial charge in [0.1, 0.15) is 11.6 Å². The van der Waals surface area contributed by atoms with E-state index in [2.05, 4.69) is 22.9 Å². The maximum atomic E-state index is 12.4. The first kappa shape index (κ1) is 17.8. The van der Waals surface area contributed by atoms with Gasteiger partial charge in [-0.15, -0.1) is 0 Å². The lowest BCUT2D eigenvalue weighted by Gasteiger charge is -2.14. The van der Waals surface area contributed by atoms with Crippen molar-refractivity contribution in [3.05, 3.63) is 28.6 Å². The molecular weight excluding hydrogens is 314 g/mol. The van der Waals surface area contributed by atoms with Gasteiger partial charge in [-0.3, -0.25) is 4.79 Å². The smallest absolute Gasteiger partial charge is 0.262 e. The topological polar surface area (TPSA) is 67.0 Å². The minimum atomic E-state index is -0.252. The molecule has 1 saturated heterocycles. The predicted molar refractivity (Wildman–Crippen MR) is 96.9 cm³/mol. The zero-order chi connectivity index (χ0) is 17.8. The van der Waals surface area contributed by atoms with Gasteiger partial charge in [-0.1, -0.05) is 12.8 Å². The molecular formula is C20H27N3O2. The third-order valence-electron chi connectivity index (χ3n) is 5.38. The second-order valence-electron chi connectivity index (χ2n) is 7.20. The number of carbonyl (C=O) groups excluding carboxylic acids is 1. The Hall–Kier alpha value is -2.06. The summed E-state index contributed by atoms with van der Waals surface area (Å²) in [7, 11) is 0. The van der Waals surface area contributed by atoms with Crippen LogP contribution < -0.4 is 5.32 Å². The molecule has 1 aliphatic heterocycles. The molecule has 25 heavy (non-hydrogen) atoms. The second kappa shape index (κ2) is 7.88. The maximum Gasteiger partial charge on any atom is 0.262 e. The normalized spacial score (nSPS) is 21.5. The highest BCUT2D eigenvalue weighted by molar-refractivity contribution is 6.02. The van der Waals surface area contributed by atoms with Gasteiger partial charge in [0.15, 0.2) is 0 Å². The second-order valence-corrected chi connectivity index (χ2v) is 7.20. The van der Waals surface area contributed by atoms with Gasteiger partial charge >= 0.3 is 0 Å². The molecule has 134 valence electrons. The van der Waals surface area contributed by atoms with E-state index in [-0.39, 0.29) is 23.6 Å². The van der Waals surface area contributed by atoms with E-state index >= 15 is 0 Å². The molecule has 3 rings (SSSR count). The summed E-state index contributed by atoms with van der Waals surface area (Å²) in [4.78, 5) is 12.4. The number of carbonyl (C=O) groups is 1. The zero-order valence-corrected chi connectivity index (χ0v) is 15.2. The molecule has 1 aromatic heterocycles. The number of nitrogens with zero attached hydrogens (tertiary/aromatic N) is 2. The monoisotopic (exact) mass is 341 g/mol. The SMILES string of the molecule is Cc1cc(/C=C(\C#N)C(=O)NC2CCCC2)c(C)n1C[C@@H]1CCCO1. The van der Waals surface area contributed by atoms with E-state index in [1.165, 1.54) is 0 Å². The van der Waals surface area contributed by atoms with E-state index in [0.717, 1.165) is 68.6 Å². The molecule has 0 unspecified atom stereocenters. The third-order valence-corrected chi connectivity index (χ3v) is 5.38.